The lowest BCUT2D eigenvalue weighted by atomic mass is 9.96. The van der Waals surface area contributed by atoms with Crippen LogP contribution in [0.25, 0.3) is 0 Å². The zero-order chi connectivity index (χ0) is 19.7. The van der Waals surface area contributed by atoms with Gasteiger partial charge in [0.1, 0.15) is 10.7 Å². The molecule has 1 saturated carbocycles. The minimum Gasteiger partial charge on any atom is -0.455 e. The largest absolute Gasteiger partial charge is 0.455 e. The number of furan rings is 1. The predicted molar refractivity (Wildman–Crippen MR) is 108 cm³/mol. The van der Waals surface area contributed by atoms with Gasteiger partial charge in [-0.1, -0.05) is 18.9 Å². The van der Waals surface area contributed by atoms with Crippen LogP contribution in [0.15, 0.2) is 32.9 Å². The Morgan fingerprint density at radius 1 is 1.25 bits per heavy atom. The number of nitrogens with zero attached hydrogens (tertiary/aromatic N) is 1. The van der Waals surface area contributed by atoms with Crippen LogP contribution < -0.4 is 5.32 Å². The average molecular weight is 423 g/mol. The smallest absolute Gasteiger partial charge is 0.287 e. The summed E-state index contributed by atoms with van der Waals surface area (Å²) in [5.74, 6) is 0.392. The van der Waals surface area contributed by atoms with Gasteiger partial charge in [0, 0.05) is 24.0 Å². The van der Waals surface area contributed by atoms with Crippen LogP contribution in [0.4, 0.5) is 0 Å². The molecule has 1 aliphatic carbocycles. The van der Waals surface area contributed by atoms with Gasteiger partial charge in [0.25, 0.3) is 5.91 Å². The molecule has 1 aliphatic heterocycles. The molecular formula is C20H26N2O4S2. The second-order valence-electron chi connectivity index (χ2n) is 7.65. The van der Waals surface area contributed by atoms with Crippen molar-refractivity contribution in [2.45, 2.75) is 56.4 Å². The Labute approximate surface area is 170 Å². The first-order valence-corrected chi connectivity index (χ1v) is 12.2. The quantitative estimate of drug-likeness (QED) is 0.760. The first-order valence-electron chi connectivity index (χ1n) is 9.91. The molecular weight excluding hydrogens is 396 g/mol. The van der Waals surface area contributed by atoms with Gasteiger partial charge in [-0.15, -0.1) is 11.3 Å². The normalized spacial score (nSPS) is 19.9. The Balaban J connectivity index is 1.56. The van der Waals surface area contributed by atoms with E-state index in [1.807, 2.05) is 17.5 Å². The Hall–Kier alpha value is -1.64. The molecule has 28 heavy (non-hydrogen) atoms. The number of amides is 1. The summed E-state index contributed by atoms with van der Waals surface area (Å²) in [6, 6.07) is 5.37. The second-order valence-corrected chi connectivity index (χ2v) is 10.5. The van der Waals surface area contributed by atoms with Gasteiger partial charge in [0.2, 0.25) is 10.0 Å². The van der Waals surface area contributed by atoms with Crippen molar-refractivity contribution >= 4 is 27.3 Å². The van der Waals surface area contributed by atoms with E-state index < -0.39 is 10.0 Å². The number of hydrogen-bond acceptors (Lipinski definition) is 5. The predicted octanol–water partition coefficient (Wildman–Crippen LogP) is 4.10. The lowest BCUT2D eigenvalue weighted by Crippen LogP contribution is -2.32. The van der Waals surface area contributed by atoms with Crippen LogP contribution in [0, 0.1) is 12.8 Å². The average Bonchev–Trinajstić information content (AvgIpc) is 3.47. The maximum Gasteiger partial charge on any atom is 0.287 e. The molecule has 1 saturated heterocycles. The van der Waals surface area contributed by atoms with E-state index in [1.165, 1.54) is 23.2 Å². The van der Waals surface area contributed by atoms with Crippen molar-refractivity contribution in [2.24, 2.45) is 5.92 Å². The molecule has 0 radical (unpaired) electrons. The number of hydrogen-bond donors (Lipinski definition) is 1. The van der Waals surface area contributed by atoms with Crippen LogP contribution in [0.3, 0.4) is 0 Å². The molecule has 3 heterocycles. The monoisotopic (exact) mass is 422 g/mol. The van der Waals surface area contributed by atoms with E-state index in [-0.39, 0.29) is 28.4 Å². The molecule has 0 spiro atoms. The molecule has 0 aromatic carbocycles. The van der Waals surface area contributed by atoms with Crippen molar-refractivity contribution in [1.82, 2.24) is 9.62 Å². The summed E-state index contributed by atoms with van der Waals surface area (Å²) in [7, 11) is -3.61. The minimum atomic E-state index is -3.61. The van der Waals surface area contributed by atoms with Gasteiger partial charge in [0.15, 0.2) is 5.76 Å². The highest BCUT2D eigenvalue weighted by Crippen LogP contribution is 2.37. The van der Waals surface area contributed by atoms with Gasteiger partial charge in [-0.25, -0.2) is 8.42 Å². The molecule has 2 aromatic rings. The van der Waals surface area contributed by atoms with E-state index in [1.54, 1.807) is 18.3 Å². The van der Waals surface area contributed by atoms with Gasteiger partial charge >= 0.3 is 0 Å². The number of nitrogens with one attached hydrogen (secondary N) is 1. The zero-order valence-corrected chi connectivity index (χ0v) is 17.7. The van der Waals surface area contributed by atoms with Crippen molar-refractivity contribution in [2.75, 3.05) is 13.1 Å². The molecule has 0 bridgehead atoms. The van der Waals surface area contributed by atoms with E-state index >= 15 is 0 Å². The van der Waals surface area contributed by atoms with Crippen LogP contribution in [-0.4, -0.2) is 31.7 Å². The van der Waals surface area contributed by atoms with Crippen molar-refractivity contribution < 1.29 is 17.6 Å². The van der Waals surface area contributed by atoms with Crippen molar-refractivity contribution in [3.8, 4) is 0 Å². The van der Waals surface area contributed by atoms with Crippen LogP contribution in [-0.2, 0) is 10.0 Å². The van der Waals surface area contributed by atoms with Crippen molar-refractivity contribution in [3.05, 3.63) is 40.0 Å². The SMILES string of the molecule is Cc1oc(C(=O)N[C@@H](c2cccs2)C2CCCC2)cc1S(=O)(=O)N1CCCC1. The van der Waals surface area contributed by atoms with Crippen LogP contribution in [0.1, 0.15) is 65.8 Å². The summed E-state index contributed by atoms with van der Waals surface area (Å²) in [4.78, 5) is 14.1. The summed E-state index contributed by atoms with van der Waals surface area (Å²) in [6.07, 6.45) is 6.28. The van der Waals surface area contributed by atoms with Crippen LogP contribution >= 0.6 is 11.3 Å². The maximum absolute atomic E-state index is 12.9. The standard InChI is InChI=1S/C20H26N2O4S2/c1-14-18(28(24,25)22-10-4-5-11-22)13-16(26-14)20(23)21-19(15-7-2-3-8-15)17-9-6-12-27-17/h6,9,12-13,15,19H,2-5,7-8,10-11H2,1H3,(H,21,23)/t19-/m1/s1. The first-order chi connectivity index (χ1) is 13.5. The minimum absolute atomic E-state index is 0.0564. The fraction of sp³-hybridized carbons (Fsp3) is 0.550. The third-order valence-electron chi connectivity index (χ3n) is 5.79. The van der Waals surface area contributed by atoms with E-state index in [9.17, 15) is 13.2 Å². The number of rotatable bonds is 6. The molecule has 1 atom stereocenters. The number of carbonyl (C=O) groups is 1. The molecule has 2 aromatic heterocycles. The highest BCUT2D eigenvalue weighted by atomic mass is 32.2. The van der Waals surface area contributed by atoms with Gasteiger partial charge in [-0.3, -0.25) is 4.79 Å². The van der Waals surface area contributed by atoms with Crippen LogP contribution in [0.2, 0.25) is 0 Å². The van der Waals surface area contributed by atoms with Gasteiger partial charge in [0.05, 0.1) is 6.04 Å². The zero-order valence-electron chi connectivity index (χ0n) is 16.0. The molecule has 2 aliphatic rings. The molecule has 2 fully saturated rings. The molecule has 0 unspecified atom stereocenters. The van der Waals surface area contributed by atoms with E-state index in [2.05, 4.69) is 5.32 Å². The third-order valence-corrected chi connectivity index (χ3v) is 8.75. The van der Waals surface area contributed by atoms with Crippen molar-refractivity contribution in [3.63, 3.8) is 0 Å². The number of aryl methyl sites for hydroxylation is 1. The summed E-state index contributed by atoms with van der Waals surface area (Å²) < 4.78 is 32.8. The molecule has 152 valence electrons. The summed E-state index contributed by atoms with van der Waals surface area (Å²) in [6.45, 7) is 2.65. The Morgan fingerprint density at radius 2 is 1.96 bits per heavy atom. The molecule has 6 nitrogen and oxygen atoms in total. The topological polar surface area (TPSA) is 79.6 Å². The molecule has 1 N–H and O–H groups in total. The lowest BCUT2D eigenvalue weighted by molar-refractivity contribution is 0.0893. The Kier molecular flexibility index (Phi) is 5.62. The number of sulfonamides is 1. The van der Waals surface area contributed by atoms with E-state index in [4.69, 9.17) is 4.42 Å². The fourth-order valence-corrected chi connectivity index (χ4v) is 6.84. The van der Waals surface area contributed by atoms with Crippen LogP contribution in [0.5, 0.6) is 0 Å². The van der Waals surface area contributed by atoms with Gasteiger partial charge in [-0.05, 0) is 50.0 Å². The van der Waals surface area contributed by atoms with Gasteiger partial charge < -0.3 is 9.73 Å². The van der Waals surface area contributed by atoms with E-state index in [0.29, 0.717) is 19.0 Å². The summed E-state index contributed by atoms with van der Waals surface area (Å²) in [5, 5.41) is 5.12. The van der Waals surface area contributed by atoms with Gasteiger partial charge in [-0.2, -0.15) is 4.31 Å². The summed E-state index contributed by atoms with van der Waals surface area (Å²) in [5.41, 5.74) is 0. The molecule has 8 heteroatoms. The third kappa shape index (κ3) is 3.77. The molecule has 1 amide bonds. The second kappa shape index (κ2) is 8.00. The number of carbonyl (C=O) groups excluding carboxylic acids is 1. The Morgan fingerprint density at radius 3 is 2.61 bits per heavy atom. The fourth-order valence-electron chi connectivity index (χ4n) is 4.29. The highest BCUT2D eigenvalue weighted by molar-refractivity contribution is 7.89. The lowest BCUT2D eigenvalue weighted by Gasteiger charge is -2.23. The number of thiophene rings is 1. The van der Waals surface area contributed by atoms with Crippen molar-refractivity contribution in [1.29, 1.82) is 0 Å². The molecule has 4 rings (SSSR count). The Bertz CT molecular complexity index is 922. The highest BCUT2D eigenvalue weighted by Gasteiger charge is 2.33. The van der Waals surface area contributed by atoms with E-state index in [0.717, 1.165) is 30.6 Å². The first kappa shape index (κ1) is 19.7. The summed E-state index contributed by atoms with van der Waals surface area (Å²) >= 11 is 1.64. The maximum atomic E-state index is 12.9.